The molecule has 1 heterocycles. The molecule has 0 bridgehead atoms. The van der Waals surface area contributed by atoms with E-state index in [9.17, 15) is 4.79 Å². The Morgan fingerprint density at radius 2 is 2.07 bits per heavy atom. The van der Waals surface area contributed by atoms with Crippen LogP contribution in [0.1, 0.15) is 22.7 Å². The molecule has 4 heteroatoms. The molecule has 0 radical (unpaired) electrons. The van der Waals surface area contributed by atoms with Crippen molar-refractivity contribution in [2.75, 3.05) is 0 Å². The Labute approximate surface area is 88.2 Å². The highest BCUT2D eigenvalue weighted by molar-refractivity contribution is 6.04. The van der Waals surface area contributed by atoms with E-state index in [4.69, 9.17) is 5.73 Å². The molecule has 1 aliphatic rings. The molecular weight excluding hydrogens is 190 g/mol. The Morgan fingerprint density at radius 1 is 1.33 bits per heavy atom. The van der Waals surface area contributed by atoms with Crippen LogP contribution in [0.3, 0.4) is 0 Å². The molecule has 0 aliphatic carbocycles. The third-order valence-electron chi connectivity index (χ3n) is 2.61. The monoisotopic (exact) mass is 203 g/mol. The molecule has 1 aromatic carbocycles. The molecule has 1 amide bonds. The summed E-state index contributed by atoms with van der Waals surface area (Å²) in [7, 11) is 0. The van der Waals surface area contributed by atoms with Gasteiger partial charge in [-0.05, 0) is 30.5 Å². The van der Waals surface area contributed by atoms with Gasteiger partial charge in [-0.25, -0.2) is 4.99 Å². The van der Waals surface area contributed by atoms with Crippen molar-refractivity contribution in [1.29, 1.82) is 0 Å². The van der Waals surface area contributed by atoms with Gasteiger partial charge < -0.3 is 5.73 Å². The smallest absolute Gasteiger partial charge is 0.256 e. The van der Waals surface area contributed by atoms with Crippen molar-refractivity contribution >= 4 is 11.9 Å². The fraction of sp³-hybridized carbons (Fsp3) is 0.273. The lowest BCUT2D eigenvalue weighted by Crippen LogP contribution is -2.31. The van der Waals surface area contributed by atoms with Crippen molar-refractivity contribution in [1.82, 2.24) is 5.32 Å². The van der Waals surface area contributed by atoms with Gasteiger partial charge in [0, 0.05) is 0 Å². The van der Waals surface area contributed by atoms with Gasteiger partial charge in [0.15, 0.2) is 12.0 Å². The first-order chi connectivity index (χ1) is 7.08. The lowest BCUT2D eigenvalue weighted by molar-refractivity contribution is -0.120. The first kappa shape index (κ1) is 9.71. The van der Waals surface area contributed by atoms with E-state index in [0.29, 0.717) is 0 Å². The summed E-state index contributed by atoms with van der Waals surface area (Å²) in [6, 6.07) is 5.39. The van der Waals surface area contributed by atoms with Crippen LogP contribution in [0, 0.1) is 13.8 Å². The molecular formula is C11H13N3O. The van der Waals surface area contributed by atoms with E-state index in [1.165, 1.54) is 5.56 Å². The summed E-state index contributed by atoms with van der Waals surface area (Å²) in [5.41, 5.74) is 8.68. The first-order valence-electron chi connectivity index (χ1n) is 4.79. The summed E-state index contributed by atoms with van der Waals surface area (Å²) in [5, 5.41) is 2.49. The van der Waals surface area contributed by atoms with Crippen molar-refractivity contribution in [2.45, 2.75) is 19.9 Å². The number of guanidine groups is 1. The zero-order valence-electron chi connectivity index (χ0n) is 8.74. The number of benzene rings is 1. The summed E-state index contributed by atoms with van der Waals surface area (Å²) >= 11 is 0. The van der Waals surface area contributed by atoms with Crippen LogP contribution in [0.2, 0.25) is 0 Å². The highest BCUT2D eigenvalue weighted by Crippen LogP contribution is 2.22. The zero-order chi connectivity index (χ0) is 11.0. The highest BCUT2D eigenvalue weighted by Gasteiger charge is 2.26. The maximum Gasteiger partial charge on any atom is 0.256 e. The maximum atomic E-state index is 11.5. The summed E-state index contributed by atoms with van der Waals surface area (Å²) < 4.78 is 0. The number of aliphatic imine (C=N–C) groups is 1. The molecule has 1 atom stereocenters. The number of aryl methyl sites for hydroxylation is 2. The predicted octanol–water partition coefficient (Wildman–Crippen LogP) is 0.789. The maximum absolute atomic E-state index is 11.5. The molecule has 0 aromatic heterocycles. The van der Waals surface area contributed by atoms with E-state index in [2.05, 4.69) is 10.3 Å². The van der Waals surface area contributed by atoms with Crippen LogP contribution < -0.4 is 11.1 Å². The summed E-state index contributed by atoms with van der Waals surface area (Å²) in [6.07, 6.45) is 0. The molecule has 4 nitrogen and oxygen atoms in total. The van der Waals surface area contributed by atoms with E-state index in [0.717, 1.165) is 11.1 Å². The molecule has 1 aliphatic heterocycles. The van der Waals surface area contributed by atoms with Crippen molar-refractivity contribution in [3.8, 4) is 0 Å². The average molecular weight is 203 g/mol. The molecule has 78 valence electrons. The quantitative estimate of drug-likeness (QED) is 0.708. The lowest BCUT2D eigenvalue weighted by Gasteiger charge is -2.07. The number of hydrogen-bond donors (Lipinski definition) is 2. The number of nitrogens with zero attached hydrogens (tertiary/aromatic N) is 1. The number of rotatable bonds is 1. The third-order valence-corrected chi connectivity index (χ3v) is 2.61. The lowest BCUT2D eigenvalue weighted by atomic mass is 10.0. The number of carbonyl (C=O) groups excluding carboxylic acids is 1. The molecule has 3 N–H and O–H groups in total. The average Bonchev–Trinajstić information content (AvgIpc) is 2.50. The second-order valence-corrected chi connectivity index (χ2v) is 3.75. The highest BCUT2D eigenvalue weighted by atomic mass is 16.2. The van der Waals surface area contributed by atoms with Crippen LogP contribution in [0.4, 0.5) is 0 Å². The molecule has 0 saturated carbocycles. The molecule has 2 rings (SSSR count). The molecule has 1 aromatic rings. The minimum Gasteiger partial charge on any atom is -0.370 e. The van der Waals surface area contributed by atoms with Crippen molar-refractivity contribution in [2.24, 2.45) is 10.7 Å². The molecule has 1 unspecified atom stereocenters. The Kier molecular flexibility index (Phi) is 2.19. The Morgan fingerprint density at radius 3 is 2.60 bits per heavy atom. The zero-order valence-corrected chi connectivity index (χ0v) is 8.74. The molecule has 15 heavy (non-hydrogen) atoms. The number of nitrogens with two attached hydrogens (primary N) is 1. The van der Waals surface area contributed by atoms with Crippen molar-refractivity contribution in [3.05, 3.63) is 34.9 Å². The second kappa shape index (κ2) is 3.38. The normalized spacial score (nSPS) is 20.0. The summed E-state index contributed by atoms with van der Waals surface area (Å²) in [5.74, 6) is 0.0407. The number of nitrogens with one attached hydrogen (secondary N) is 1. The van der Waals surface area contributed by atoms with E-state index in [1.807, 2.05) is 32.0 Å². The minimum absolute atomic E-state index is 0.157. The van der Waals surface area contributed by atoms with Gasteiger partial charge in [0.2, 0.25) is 0 Å². The third kappa shape index (κ3) is 1.70. The van der Waals surface area contributed by atoms with Gasteiger partial charge >= 0.3 is 0 Å². The van der Waals surface area contributed by atoms with E-state index in [1.54, 1.807) is 0 Å². The van der Waals surface area contributed by atoms with Gasteiger partial charge in [0.1, 0.15) is 0 Å². The van der Waals surface area contributed by atoms with Crippen LogP contribution in [0.25, 0.3) is 0 Å². The van der Waals surface area contributed by atoms with E-state index in [-0.39, 0.29) is 11.9 Å². The van der Waals surface area contributed by atoms with Gasteiger partial charge in [-0.15, -0.1) is 0 Å². The standard InChI is InChI=1S/C11H13N3O/c1-6-3-4-8(5-7(6)2)9-10(15)14-11(12)13-9/h3-5,9H,1-2H3,(H3,12,13,14,15). The summed E-state index contributed by atoms with van der Waals surface area (Å²) in [4.78, 5) is 15.5. The van der Waals surface area contributed by atoms with E-state index >= 15 is 0 Å². The number of amides is 1. The fourth-order valence-corrected chi connectivity index (χ4v) is 1.59. The van der Waals surface area contributed by atoms with Crippen LogP contribution in [0.5, 0.6) is 0 Å². The number of hydrogen-bond acceptors (Lipinski definition) is 3. The topological polar surface area (TPSA) is 67.5 Å². The van der Waals surface area contributed by atoms with Crippen LogP contribution in [-0.4, -0.2) is 11.9 Å². The van der Waals surface area contributed by atoms with Crippen molar-refractivity contribution < 1.29 is 4.79 Å². The van der Waals surface area contributed by atoms with Crippen LogP contribution in [-0.2, 0) is 4.79 Å². The van der Waals surface area contributed by atoms with Gasteiger partial charge in [0.05, 0.1) is 0 Å². The SMILES string of the molecule is Cc1ccc(C2N=C(N)NC2=O)cc1C. The Hall–Kier alpha value is -1.84. The first-order valence-corrected chi connectivity index (χ1v) is 4.79. The predicted molar refractivity (Wildman–Crippen MR) is 58.4 cm³/mol. The van der Waals surface area contributed by atoms with Gasteiger partial charge in [-0.1, -0.05) is 18.2 Å². The van der Waals surface area contributed by atoms with Gasteiger partial charge in [-0.2, -0.15) is 0 Å². The largest absolute Gasteiger partial charge is 0.370 e. The van der Waals surface area contributed by atoms with Crippen LogP contribution in [0.15, 0.2) is 23.2 Å². The van der Waals surface area contributed by atoms with Crippen molar-refractivity contribution in [3.63, 3.8) is 0 Å². The summed E-state index contributed by atoms with van der Waals surface area (Å²) in [6.45, 7) is 4.05. The van der Waals surface area contributed by atoms with E-state index < -0.39 is 6.04 Å². The Bertz CT molecular complexity index is 451. The van der Waals surface area contributed by atoms with Gasteiger partial charge in [0.25, 0.3) is 5.91 Å². The minimum atomic E-state index is -0.482. The molecule has 0 spiro atoms. The van der Waals surface area contributed by atoms with Gasteiger partial charge in [-0.3, -0.25) is 10.1 Å². The molecule has 0 fully saturated rings. The fourth-order valence-electron chi connectivity index (χ4n) is 1.59. The second-order valence-electron chi connectivity index (χ2n) is 3.75. The van der Waals surface area contributed by atoms with Crippen LogP contribution >= 0.6 is 0 Å². The number of carbonyl (C=O) groups is 1. The Balaban J connectivity index is 2.38. The molecule has 0 saturated heterocycles.